The van der Waals surface area contributed by atoms with Gasteiger partial charge in [-0.25, -0.2) is 12.8 Å². The van der Waals surface area contributed by atoms with Crippen molar-refractivity contribution in [2.75, 3.05) is 12.0 Å². The Balaban J connectivity index is 0. The van der Waals surface area contributed by atoms with Gasteiger partial charge in [0.05, 0.1) is 0 Å². The number of nitrogens with one attached hydrogen (secondary N) is 1. The second kappa shape index (κ2) is 7.99. The molecule has 0 radical (unpaired) electrons. The third-order valence-electron chi connectivity index (χ3n) is 2.57. The smallest absolute Gasteiger partial charge is 0.154 e. The summed E-state index contributed by atoms with van der Waals surface area (Å²) in [5.74, 6) is 0.0179. The van der Waals surface area contributed by atoms with Crippen molar-refractivity contribution in [2.24, 2.45) is 0 Å². The predicted octanol–water partition coefficient (Wildman–Crippen LogP) is 3.64. The van der Waals surface area contributed by atoms with Gasteiger partial charge in [0, 0.05) is 23.1 Å². The maximum Gasteiger partial charge on any atom is 0.154 e. The summed E-state index contributed by atoms with van der Waals surface area (Å²) in [4.78, 5) is 0. The molecule has 0 aliphatic carbocycles. The number of rotatable bonds is 1. The van der Waals surface area contributed by atoms with Crippen LogP contribution in [-0.2, 0) is 9.84 Å². The van der Waals surface area contributed by atoms with Crippen LogP contribution in [-0.4, -0.2) is 30.6 Å². The standard InChI is InChI=1S/C9H9FN2.C3H8O2S.2CH4/c1-5-3-4-7-6(2)11-12-9(7)8(5)10;1-3-6(2,4)5;;/h3-4H,1-2H3,(H,11,12);3H2,1-2H3;2*1H4. The van der Waals surface area contributed by atoms with Gasteiger partial charge >= 0.3 is 0 Å². The number of H-pyrrole nitrogens is 1. The molecule has 116 valence electrons. The highest BCUT2D eigenvalue weighted by molar-refractivity contribution is 7.90. The minimum atomic E-state index is -2.66. The second-order valence-corrected chi connectivity index (χ2v) is 6.58. The summed E-state index contributed by atoms with van der Waals surface area (Å²) >= 11 is 0. The fourth-order valence-corrected chi connectivity index (χ4v) is 1.28. The molecular weight excluding hydrogens is 279 g/mol. The van der Waals surface area contributed by atoms with E-state index in [1.807, 2.05) is 13.0 Å². The average Bonchev–Trinajstić information content (AvgIpc) is 2.66. The molecule has 0 spiro atoms. The highest BCUT2D eigenvalue weighted by Gasteiger charge is 2.07. The molecule has 0 aliphatic rings. The van der Waals surface area contributed by atoms with Crippen LogP contribution in [0.3, 0.4) is 0 Å². The Hall–Kier alpha value is -1.43. The number of hydrogen-bond donors (Lipinski definition) is 1. The number of fused-ring (bicyclic) bond motifs is 1. The van der Waals surface area contributed by atoms with Gasteiger partial charge in [0.25, 0.3) is 0 Å². The van der Waals surface area contributed by atoms with Crippen molar-refractivity contribution in [3.05, 3.63) is 29.2 Å². The molecule has 2 aromatic rings. The van der Waals surface area contributed by atoms with E-state index in [0.29, 0.717) is 11.1 Å². The first-order valence-corrected chi connectivity index (χ1v) is 7.59. The Bertz CT molecular complexity index is 648. The summed E-state index contributed by atoms with van der Waals surface area (Å²) in [5.41, 5.74) is 1.98. The van der Waals surface area contributed by atoms with Gasteiger partial charge in [-0.1, -0.05) is 33.9 Å². The molecule has 20 heavy (non-hydrogen) atoms. The van der Waals surface area contributed by atoms with E-state index in [4.69, 9.17) is 0 Å². The zero-order valence-corrected chi connectivity index (χ0v) is 11.7. The Morgan fingerprint density at radius 1 is 1.25 bits per heavy atom. The lowest BCUT2D eigenvalue weighted by Crippen LogP contribution is -1.96. The van der Waals surface area contributed by atoms with Gasteiger partial charge < -0.3 is 0 Å². The molecule has 0 amide bonds. The lowest BCUT2D eigenvalue weighted by atomic mass is 10.1. The topological polar surface area (TPSA) is 62.8 Å². The number of aromatic amines is 1. The average molecular weight is 304 g/mol. The molecule has 2 rings (SSSR count). The van der Waals surface area contributed by atoms with Gasteiger partial charge in [0.15, 0.2) is 5.82 Å². The number of halogens is 1. The Labute approximate surface area is 121 Å². The first kappa shape index (κ1) is 20.9. The van der Waals surface area contributed by atoms with Crippen LogP contribution in [0, 0.1) is 19.7 Å². The molecule has 0 aliphatic heterocycles. The van der Waals surface area contributed by atoms with Crippen LogP contribution in [0.15, 0.2) is 12.1 Å². The van der Waals surface area contributed by atoms with Gasteiger partial charge in [0.2, 0.25) is 0 Å². The molecule has 6 heteroatoms. The quantitative estimate of drug-likeness (QED) is 0.875. The number of aryl methyl sites for hydroxylation is 2. The molecule has 0 saturated carbocycles. The van der Waals surface area contributed by atoms with Crippen molar-refractivity contribution in [1.82, 2.24) is 10.2 Å². The van der Waals surface area contributed by atoms with Gasteiger partial charge in [-0.3, -0.25) is 5.10 Å². The van der Waals surface area contributed by atoms with Crippen molar-refractivity contribution < 1.29 is 12.8 Å². The van der Waals surface area contributed by atoms with Crippen LogP contribution in [0.2, 0.25) is 0 Å². The number of hydrogen-bond acceptors (Lipinski definition) is 3. The van der Waals surface area contributed by atoms with Crippen LogP contribution in [0.25, 0.3) is 10.9 Å². The maximum atomic E-state index is 13.3. The van der Waals surface area contributed by atoms with Crippen molar-refractivity contribution in [2.45, 2.75) is 35.6 Å². The van der Waals surface area contributed by atoms with Crippen molar-refractivity contribution >= 4 is 20.7 Å². The molecule has 0 bridgehead atoms. The van der Waals surface area contributed by atoms with Crippen molar-refractivity contribution in [3.8, 4) is 0 Å². The number of benzene rings is 1. The second-order valence-electron chi connectivity index (χ2n) is 4.16. The molecule has 1 heterocycles. The van der Waals surface area contributed by atoms with E-state index in [9.17, 15) is 12.8 Å². The Morgan fingerprint density at radius 3 is 2.20 bits per heavy atom. The normalized spacial score (nSPS) is 10.1. The fourth-order valence-electron chi connectivity index (χ4n) is 1.28. The van der Waals surface area contributed by atoms with Crippen molar-refractivity contribution in [3.63, 3.8) is 0 Å². The van der Waals surface area contributed by atoms with E-state index in [1.54, 1.807) is 19.9 Å². The van der Waals surface area contributed by atoms with Gasteiger partial charge in [-0.15, -0.1) is 0 Å². The predicted molar refractivity (Wildman–Crippen MR) is 84.4 cm³/mol. The maximum absolute atomic E-state index is 13.3. The minimum Gasteiger partial charge on any atom is -0.282 e. The summed E-state index contributed by atoms with van der Waals surface area (Å²) < 4.78 is 33.3. The highest BCUT2D eigenvalue weighted by atomic mass is 32.2. The zero-order valence-electron chi connectivity index (χ0n) is 10.9. The minimum absolute atomic E-state index is 0. The molecule has 1 N–H and O–H groups in total. The van der Waals surface area contributed by atoms with Crippen LogP contribution in [0.1, 0.15) is 33.0 Å². The third-order valence-corrected chi connectivity index (χ3v) is 3.62. The number of sulfone groups is 1. The fraction of sp³-hybridized carbons (Fsp3) is 0.500. The van der Waals surface area contributed by atoms with Crippen LogP contribution in [0.4, 0.5) is 4.39 Å². The van der Waals surface area contributed by atoms with E-state index in [0.717, 1.165) is 11.1 Å². The van der Waals surface area contributed by atoms with Gasteiger partial charge in [0.1, 0.15) is 15.4 Å². The van der Waals surface area contributed by atoms with E-state index in [-0.39, 0.29) is 26.4 Å². The SMILES string of the molecule is C.C.CCS(C)(=O)=O.Cc1ccc2c(C)[nH]nc2c1F. The Morgan fingerprint density at radius 2 is 1.75 bits per heavy atom. The van der Waals surface area contributed by atoms with Crippen LogP contribution in [0.5, 0.6) is 0 Å². The lowest BCUT2D eigenvalue weighted by Gasteiger charge is -1.95. The molecule has 1 aromatic heterocycles. The molecule has 0 unspecified atom stereocenters. The van der Waals surface area contributed by atoms with Crippen molar-refractivity contribution in [1.29, 1.82) is 0 Å². The largest absolute Gasteiger partial charge is 0.282 e. The van der Waals surface area contributed by atoms with Gasteiger partial charge in [-0.2, -0.15) is 5.10 Å². The van der Waals surface area contributed by atoms with E-state index >= 15 is 0 Å². The Kier molecular flexibility index (Phi) is 8.34. The summed E-state index contributed by atoms with van der Waals surface area (Å²) in [6, 6.07) is 3.65. The highest BCUT2D eigenvalue weighted by Crippen LogP contribution is 2.20. The first-order valence-electron chi connectivity index (χ1n) is 5.53. The molecule has 1 aromatic carbocycles. The summed E-state index contributed by atoms with van der Waals surface area (Å²) in [5, 5.41) is 7.49. The zero-order chi connectivity index (χ0) is 13.9. The molecule has 0 saturated heterocycles. The summed E-state index contributed by atoms with van der Waals surface area (Å²) in [7, 11) is -2.66. The van der Waals surface area contributed by atoms with Crippen LogP contribution >= 0.6 is 0 Å². The molecular formula is C14H25FN2O2S. The number of nitrogens with zero attached hydrogens (tertiary/aromatic N) is 1. The van der Waals surface area contributed by atoms with E-state index in [2.05, 4.69) is 10.2 Å². The first-order chi connectivity index (χ1) is 8.26. The summed E-state index contributed by atoms with van der Waals surface area (Å²) in [6.45, 7) is 5.23. The monoisotopic (exact) mass is 304 g/mol. The lowest BCUT2D eigenvalue weighted by molar-refractivity contribution is 0.603. The third kappa shape index (κ3) is 5.28. The van der Waals surface area contributed by atoms with Gasteiger partial charge in [-0.05, 0) is 19.4 Å². The molecule has 0 atom stereocenters. The molecule has 0 fully saturated rings. The summed E-state index contributed by atoms with van der Waals surface area (Å²) in [6.07, 6.45) is 1.22. The molecule has 4 nitrogen and oxygen atoms in total. The number of aromatic nitrogens is 2. The van der Waals surface area contributed by atoms with E-state index in [1.165, 1.54) is 6.26 Å². The van der Waals surface area contributed by atoms with E-state index < -0.39 is 9.84 Å². The van der Waals surface area contributed by atoms with Crippen LogP contribution < -0.4 is 0 Å².